The first-order valence-corrected chi connectivity index (χ1v) is 8.12. The van der Waals surface area contributed by atoms with Gasteiger partial charge in [0.15, 0.2) is 0 Å². The quantitative estimate of drug-likeness (QED) is 0.781. The van der Waals surface area contributed by atoms with Gasteiger partial charge in [-0.2, -0.15) is 5.10 Å². The van der Waals surface area contributed by atoms with Gasteiger partial charge in [-0.1, -0.05) is 0 Å². The van der Waals surface area contributed by atoms with Crippen LogP contribution in [-0.2, 0) is 7.05 Å². The molecule has 1 heterocycles. The van der Waals surface area contributed by atoms with E-state index in [1.54, 1.807) is 0 Å². The molecule has 0 bridgehead atoms. The highest BCUT2D eigenvalue weighted by Gasteiger charge is 2.18. The van der Waals surface area contributed by atoms with Crippen molar-refractivity contribution >= 4 is 37.5 Å². The Balaban J connectivity index is 2.35. The van der Waals surface area contributed by atoms with Crippen molar-refractivity contribution in [3.63, 3.8) is 0 Å². The summed E-state index contributed by atoms with van der Waals surface area (Å²) >= 11 is 7.26. The SMILES string of the molecule is Cc1cc(Br)c(NC(C)c2c(C)nn(C)c2C)c(Br)c1. The second-order valence-electron chi connectivity index (χ2n) is 5.18. The first-order chi connectivity index (χ1) is 9.31. The molecule has 1 N–H and O–H groups in total. The number of benzene rings is 1. The minimum atomic E-state index is 0.194. The van der Waals surface area contributed by atoms with Crippen LogP contribution in [0.15, 0.2) is 21.1 Å². The van der Waals surface area contributed by atoms with E-state index in [0.29, 0.717) is 0 Å². The van der Waals surface area contributed by atoms with Crippen LogP contribution in [-0.4, -0.2) is 9.78 Å². The fourth-order valence-electron chi connectivity index (χ4n) is 2.54. The lowest BCUT2D eigenvalue weighted by atomic mass is 10.1. The highest BCUT2D eigenvalue weighted by Crippen LogP contribution is 2.35. The van der Waals surface area contributed by atoms with E-state index in [9.17, 15) is 0 Å². The van der Waals surface area contributed by atoms with E-state index in [-0.39, 0.29) is 6.04 Å². The Kier molecular flexibility index (Phi) is 4.59. The van der Waals surface area contributed by atoms with Crippen LogP contribution in [0.2, 0.25) is 0 Å². The standard InChI is InChI=1S/C15H19Br2N3/c1-8-6-12(16)15(13(17)7-8)18-9(2)14-10(3)19-20(5)11(14)4/h6-7,9,18H,1-5H3. The maximum absolute atomic E-state index is 4.49. The Hall–Kier alpha value is -0.810. The zero-order valence-corrected chi connectivity index (χ0v) is 15.6. The molecular formula is C15H19Br2N3. The Morgan fingerprint density at radius 2 is 1.70 bits per heavy atom. The van der Waals surface area contributed by atoms with Crippen LogP contribution in [0.1, 0.15) is 35.5 Å². The molecule has 1 unspecified atom stereocenters. The normalized spacial score (nSPS) is 12.6. The summed E-state index contributed by atoms with van der Waals surface area (Å²) in [6, 6.07) is 4.42. The third-order valence-electron chi connectivity index (χ3n) is 3.55. The lowest BCUT2D eigenvalue weighted by Gasteiger charge is -2.19. The minimum absolute atomic E-state index is 0.194. The minimum Gasteiger partial charge on any atom is -0.377 e. The molecule has 0 saturated carbocycles. The molecule has 5 heteroatoms. The van der Waals surface area contributed by atoms with Crippen molar-refractivity contribution in [3.8, 4) is 0 Å². The predicted octanol–water partition coefficient (Wildman–Crippen LogP) is 5.04. The average molecular weight is 401 g/mol. The highest BCUT2D eigenvalue weighted by atomic mass is 79.9. The van der Waals surface area contributed by atoms with E-state index in [2.05, 4.69) is 82.1 Å². The first-order valence-electron chi connectivity index (χ1n) is 6.53. The van der Waals surface area contributed by atoms with E-state index in [4.69, 9.17) is 0 Å². The third-order valence-corrected chi connectivity index (χ3v) is 4.80. The second kappa shape index (κ2) is 5.90. The summed E-state index contributed by atoms with van der Waals surface area (Å²) < 4.78 is 4.06. The lowest BCUT2D eigenvalue weighted by Crippen LogP contribution is -2.10. The molecule has 20 heavy (non-hydrogen) atoms. The van der Waals surface area contributed by atoms with Crippen LogP contribution in [0, 0.1) is 20.8 Å². The summed E-state index contributed by atoms with van der Waals surface area (Å²) in [5.74, 6) is 0. The van der Waals surface area contributed by atoms with Gasteiger partial charge in [-0.25, -0.2) is 0 Å². The molecular weight excluding hydrogens is 382 g/mol. The molecule has 2 aromatic rings. The van der Waals surface area contributed by atoms with Crippen molar-refractivity contribution < 1.29 is 0 Å². The van der Waals surface area contributed by atoms with Crippen LogP contribution < -0.4 is 5.32 Å². The van der Waals surface area contributed by atoms with Crippen LogP contribution in [0.25, 0.3) is 0 Å². The smallest absolute Gasteiger partial charge is 0.0649 e. The number of anilines is 1. The van der Waals surface area contributed by atoms with Gasteiger partial charge >= 0.3 is 0 Å². The number of nitrogens with zero attached hydrogens (tertiary/aromatic N) is 2. The molecule has 0 radical (unpaired) electrons. The van der Waals surface area contributed by atoms with Gasteiger partial charge in [0.2, 0.25) is 0 Å². The number of aryl methyl sites for hydroxylation is 3. The number of halogens is 2. The molecule has 3 nitrogen and oxygen atoms in total. The maximum atomic E-state index is 4.49. The van der Waals surface area contributed by atoms with Crippen LogP contribution in [0.3, 0.4) is 0 Å². The monoisotopic (exact) mass is 399 g/mol. The van der Waals surface area contributed by atoms with Gasteiger partial charge in [0, 0.05) is 27.3 Å². The molecule has 0 aliphatic rings. The summed E-state index contributed by atoms with van der Waals surface area (Å²) in [5, 5.41) is 8.06. The first kappa shape index (κ1) is 15.6. The van der Waals surface area contributed by atoms with Gasteiger partial charge in [0.25, 0.3) is 0 Å². The molecule has 1 aromatic carbocycles. The molecule has 0 saturated heterocycles. The maximum Gasteiger partial charge on any atom is 0.0649 e. The Labute approximate surface area is 137 Å². The Morgan fingerprint density at radius 3 is 2.15 bits per heavy atom. The van der Waals surface area contributed by atoms with Crippen molar-refractivity contribution in [1.29, 1.82) is 0 Å². The fourth-order valence-corrected chi connectivity index (χ4v) is 4.19. The van der Waals surface area contributed by atoms with Gasteiger partial charge in [-0.3, -0.25) is 4.68 Å². The molecule has 0 aliphatic carbocycles. The van der Waals surface area contributed by atoms with Gasteiger partial charge in [-0.05, 0) is 77.3 Å². The van der Waals surface area contributed by atoms with Crippen LogP contribution in [0.5, 0.6) is 0 Å². The highest BCUT2D eigenvalue weighted by molar-refractivity contribution is 9.11. The lowest BCUT2D eigenvalue weighted by molar-refractivity contribution is 0.728. The molecule has 0 spiro atoms. The average Bonchev–Trinajstić information content (AvgIpc) is 2.58. The van der Waals surface area contributed by atoms with E-state index >= 15 is 0 Å². The predicted molar refractivity (Wildman–Crippen MR) is 91.3 cm³/mol. The molecule has 108 valence electrons. The zero-order chi connectivity index (χ0) is 15.0. The summed E-state index contributed by atoms with van der Waals surface area (Å²) in [6.45, 7) is 8.40. The van der Waals surface area contributed by atoms with Crippen molar-refractivity contribution in [3.05, 3.63) is 43.6 Å². The fraction of sp³-hybridized carbons (Fsp3) is 0.400. The molecule has 1 atom stereocenters. The van der Waals surface area contributed by atoms with E-state index in [0.717, 1.165) is 20.3 Å². The molecule has 2 rings (SSSR count). The van der Waals surface area contributed by atoms with Crippen molar-refractivity contribution in [1.82, 2.24) is 9.78 Å². The summed E-state index contributed by atoms with van der Waals surface area (Å²) in [6.07, 6.45) is 0. The summed E-state index contributed by atoms with van der Waals surface area (Å²) in [7, 11) is 1.98. The number of aromatic nitrogens is 2. The molecule has 1 aromatic heterocycles. The number of hydrogen-bond acceptors (Lipinski definition) is 2. The largest absolute Gasteiger partial charge is 0.377 e. The summed E-state index contributed by atoms with van der Waals surface area (Å²) in [4.78, 5) is 0. The van der Waals surface area contributed by atoms with E-state index in [1.165, 1.54) is 16.8 Å². The number of hydrogen-bond donors (Lipinski definition) is 1. The third kappa shape index (κ3) is 2.93. The van der Waals surface area contributed by atoms with E-state index < -0.39 is 0 Å². The number of nitrogens with one attached hydrogen (secondary N) is 1. The van der Waals surface area contributed by atoms with Crippen molar-refractivity contribution in [2.75, 3.05) is 5.32 Å². The Bertz CT molecular complexity index is 624. The van der Waals surface area contributed by atoms with Crippen LogP contribution in [0.4, 0.5) is 5.69 Å². The van der Waals surface area contributed by atoms with Gasteiger partial charge in [0.1, 0.15) is 0 Å². The van der Waals surface area contributed by atoms with Gasteiger partial charge < -0.3 is 5.32 Å². The topological polar surface area (TPSA) is 29.9 Å². The molecule has 0 fully saturated rings. The van der Waals surface area contributed by atoms with Crippen LogP contribution >= 0.6 is 31.9 Å². The second-order valence-corrected chi connectivity index (χ2v) is 6.89. The van der Waals surface area contributed by atoms with Gasteiger partial charge in [0.05, 0.1) is 17.4 Å². The molecule has 0 amide bonds. The number of rotatable bonds is 3. The molecule has 0 aliphatic heterocycles. The van der Waals surface area contributed by atoms with Crippen molar-refractivity contribution in [2.45, 2.75) is 33.7 Å². The van der Waals surface area contributed by atoms with Gasteiger partial charge in [-0.15, -0.1) is 0 Å². The van der Waals surface area contributed by atoms with E-state index in [1.807, 2.05) is 11.7 Å². The Morgan fingerprint density at radius 1 is 1.15 bits per heavy atom. The zero-order valence-electron chi connectivity index (χ0n) is 12.4. The summed E-state index contributed by atoms with van der Waals surface area (Å²) in [5.41, 5.74) is 5.82. The van der Waals surface area contributed by atoms with Crippen molar-refractivity contribution in [2.24, 2.45) is 7.05 Å².